The van der Waals surface area contributed by atoms with E-state index in [0.717, 1.165) is 29.3 Å². The second-order valence-corrected chi connectivity index (χ2v) is 4.53. The van der Waals surface area contributed by atoms with E-state index in [-0.39, 0.29) is 0 Å². The van der Waals surface area contributed by atoms with Gasteiger partial charge in [0.15, 0.2) is 0 Å². The lowest BCUT2D eigenvalue weighted by atomic mass is 10.2. The first kappa shape index (κ1) is 10.6. The van der Waals surface area contributed by atoms with Crippen molar-refractivity contribution in [2.75, 3.05) is 5.75 Å². The van der Waals surface area contributed by atoms with Gasteiger partial charge in [-0.1, -0.05) is 10.8 Å². The van der Waals surface area contributed by atoms with Crippen molar-refractivity contribution in [2.24, 2.45) is 0 Å². The Bertz CT molecular complexity index is 414. The Morgan fingerprint density at radius 1 is 1.33 bits per heavy atom. The van der Waals surface area contributed by atoms with E-state index in [0.29, 0.717) is 0 Å². The third kappa shape index (κ3) is 2.79. The first-order valence-corrected chi connectivity index (χ1v) is 6.69. The number of aryl methyl sites for hydroxylation is 1. The van der Waals surface area contributed by atoms with Gasteiger partial charge < -0.3 is 4.42 Å². The van der Waals surface area contributed by atoms with Gasteiger partial charge in [-0.2, -0.15) is 0 Å². The smallest absolute Gasteiger partial charge is 0.135 e. The molecule has 0 saturated carbocycles. The molecule has 0 unspecified atom stereocenters. The molecule has 0 aliphatic carbocycles. The molecule has 0 N–H and O–H groups in total. The van der Waals surface area contributed by atoms with Gasteiger partial charge >= 0.3 is 0 Å². The summed E-state index contributed by atoms with van der Waals surface area (Å²) in [5.74, 6) is 2.83. The summed E-state index contributed by atoms with van der Waals surface area (Å²) in [6, 6.07) is 7.88. The van der Waals surface area contributed by atoms with E-state index in [1.165, 1.54) is 10.8 Å². The third-order valence-corrected chi connectivity index (χ3v) is 2.98. The molecule has 0 fully saturated rings. The van der Waals surface area contributed by atoms with Gasteiger partial charge in [0.1, 0.15) is 11.5 Å². The molecule has 2 heterocycles. The Balaban J connectivity index is 2.14. The zero-order chi connectivity index (χ0) is 10.5. The predicted octanol–water partition coefficient (Wildman–Crippen LogP) is 3.46. The van der Waals surface area contributed by atoms with E-state index < -0.39 is 0 Å². The Morgan fingerprint density at radius 3 is 3.00 bits per heavy atom. The normalized spacial score (nSPS) is 10.5. The molecule has 15 heavy (non-hydrogen) atoms. The van der Waals surface area contributed by atoms with E-state index >= 15 is 0 Å². The Kier molecular flexibility index (Phi) is 3.75. The van der Waals surface area contributed by atoms with Crippen LogP contribution >= 0.6 is 22.5 Å². The number of hydrogen-bond acceptors (Lipinski definition) is 4. The number of thiol groups is 1. The summed E-state index contributed by atoms with van der Waals surface area (Å²) in [6.45, 7) is 0. The minimum Gasteiger partial charge on any atom is -0.461 e. The van der Waals surface area contributed by atoms with E-state index in [9.17, 15) is 0 Å². The van der Waals surface area contributed by atoms with E-state index in [1.807, 2.05) is 24.3 Å². The van der Waals surface area contributed by atoms with Gasteiger partial charge in [0.2, 0.25) is 0 Å². The minimum absolute atomic E-state index is 0.877. The van der Waals surface area contributed by atoms with Crippen LogP contribution in [0.5, 0.6) is 0 Å². The maximum absolute atomic E-state index is 5.68. The molecule has 4 heteroatoms. The first-order valence-electron chi connectivity index (χ1n) is 4.65. The van der Waals surface area contributed by atoms with Crippen LogP contribution in [0.3, 0.4) is 0 Å². The van der Waals surface area contributed by atoms with E-state index in [2.05, 4.69) is 16.6 Å². The summed E-state index contributed by atoms with van der Waals surface area (Å²) in [6.07, 6.45) is 4.47. The number of furan rings is 1. The summed E-state index contributed by atoms with van der Waals surface area (Å²) < 4.78 is 5.68. The van der Waals surface area contributed by atoms with Crippen molar-refractivity contribution in [1.82, 2.24) is 4.98 Å². The number of pyridine rings is 1. The maximum Gasteiger partial charge on any atom is 0.135 e. The van der Waals surface area contributed by atoms with Crippen molar-refractivity contribution < 1.29 is 4.42 Å². The molecule has 2 nitrogen and oxygen atoms in total. The molecule has 0 spiro atoms. The molecule has 0 saturated heterocycles. The lowest BCUT2D eigenvalue weighted by Crippen LogP contribution is -1.82. The van der Waals surface area contributed by atoms with Gasteiger partial charge in [-0.15, -0.1) is 11.7 Å². The van der Waals surface area contributed by atoms with Crippen molar-refractivity contribution in [2.45, 2.75) is 6.42 Å². The molecular formula is C11H11NOS2. The Labute approximate surface area is 97.9 Å². The standard InChI is InChI=1S/C11H11NOS2/c14-15-7-5-10-3-4-11(13-10)9-2-1-6-12-8-9/h1-4,6,8,14H,5,7H2. The lowest BCUT2D eigenvalue weighted by Gasteiger charge is -1.95. The van der Waals surface area contributed by atoms with Crippen LogP contribution in [0, 0.1) is 0 Å². The molecular weight excluding hydrogens is 226 g/mol. The monoisotopic (exact) mass is 237 g/mol. The molecule has 2 aromatic rings. The molecule has 2 aromatic heterocycles. The van der Waals surface area contributed by atoms with Gasteiger partial charge in [0, 0.05) is 30.1 Å². The van der Waals surface area contributed by atoms with Crippen molar-refractivity contribution in [3.63, 3.8) is 0 Å². The Hall–Kier alpha value is -0.870. The van der Waals surface area contributed by atoms with Crippen molar-refractivity contribution in [3.8, 4) is 11.3 Å². The molecule has 78 valence electrons. The van der Waals surface area contributed by atoms with Crippen LogP contribution in [0.2, 0.25) is 0 Å². The molecule has 0 amide bonds. The van der Waals surface area contributed by atoms with Crippen molar-refractivity contribution >= 4 is 22.5 Å². The summed E-state index contributed by atoms with van der Waals surface area (Å²) in [5.41, 5.74) is 1.02. The fourth-order valence-corrected chi connectivity index (χ4v) is 1.89. The van der Waals surface area contributed by atoms with Crippen LogP contribution < -0.4 is 0 Å². The number of nitrogens with zero attached hydrogens (tertiary/aromatic N) is 1. The highest BCUT2D eigenvalue weighted by atomic mass is 33.1. The molecule has 0 aliphatic heterocycles. The third-order valence-electron chi connectivity index (χ3n) is 2.05. The number of aromatic nitrogens is 1. The quantitative estimate of drug-likeness (QED) is 0.651. The van der Waals surface area contributed by atoms with E-state index in [4.69, 9.17) is 4.42 Å². The second-order valence-electron chi connectivity index (χ2n) is 3.09. The highest BCUT2D eigenvalue weighted by molar-refractivity contribution is 8.68. The van der Waals surface area contributed by atoms with Crippen LogP contribution in [0.1, 0.15) is 5.76 Å². The highest BCUT2D eigenvalue weighted by Gasteiger charge is 2.03. The summed E-state index contributed by atoms with van der Waals surface area (Å²) in [7, 11) is 1.52. The zero-order valence-electron chi connectivity index (χ0n) is 8.09. The minimum atomic E-state index is 0.877. The summed E-state index contributed by atoms with van der Waals surface area (Å²) in [4.78, 5) is 4.06. The molecule has 0 atom stereocenters. The predicted molar refractivity (Wildman–Crippen MR) is 67.1 cm³/mol. The molecule has 0 aromatic carbocycles. The van der Waals surface area contributed by atoms with Gasteiger partial charge in [0.25, 0.3) is 0 Å². The van der Waals surface area contributed by atoms with E-state index in [1.54, 1.807) is 12.4 Å². The molecule has 0 bridgehead atoms. The molecule has 0 radical (unpaired) electrons. The van der Waals surface area contributed by atoms with Crippen molar-refractivity contribution in [3.05, 3.63) is 42.4 Å². The lowest BCUT2D eigenvalue weighted by molar-refractivity contribution is 0.530. The van der Waals surface area contributed by atoms with Crippen molar-refractivity contribution in [1.29, 1.82) is 0 Å². The average molecular weight is 237 g/mol. The fourth-order valence-electron chi connectivity index (χ4n) is 1.32. The number of rotatable bonds is 4. The topological polar surface area (TPSA) is 26.0 Å². The Morgan fingerprint density at radius 2 is 2.27 bits per heavy atom. The second kappa shape index (κ2) is 5.28. The SMILES string of the molecule is SSCCc1ccc(-c2cccnc2)o1. The highest BCUT2D eigenvalue weighted by Crippen LogP contribution is 2.22. The molecule has 0 aliphatic rings. The van der Waals surface area contributed by atoms with Gasteiger partial charge in [0.05, 0.1) is 0 Å². The largest absolute Gasteiger partial charge is 0.461 e. The van der Waals surface area contributed by atoms with Gasteiger partial charge in [-0.3, -0.25) is 4.98 Å². The van der Waals surface area contributed by atoms with Gasteiger partial charge in [-0.05, 0) is 24.3 Å². The van der Waals surface area contributed by atoms with Gasteiger partial charge in [-0.25, -0.2) is 0 Å². The van der Waals surface area contributed by atoms with Crippen LogP contribution in [-0.2, 0) is 6.42 Å². The van der Waals surface area contributed by atoms with Crippen LogP contribution in [0.15, 0.2) is 41.1 Å². The molecule has 2 rings (SSSR count). The number of hydrogen-bond donors (Lipinski definition) is 1. The fraction of sp³-hybridized carbons (Fsp3) is 0.182. The van der Waals surface area contributed by atoms with Crippen LogP contribution in [0.4, 0.5) is 0 Å². The summed E-state index contributed by atoms with van der Waals surface area (Å²) >= 11 is 4.09. The van der Waals surface area contributed by atoms with Crippen LogP contribution in [0.25, 0.3) is 11.3 Å². The zero-order valence-corrected chi connectivity index (χ0v) is 9.80. The maximum atomic E-state index is 5.68. The average Bonchev–Trinajstić information content (AvgIpc) is 2.76. The summed E-state index contributed by atoms with van der Waals surface area (Å²) in [5, 5.41) is 0. The van der Waals surface area contributed by atoms with Crippen LogP contribution in [-0.4, -0.2) is 10.7 Å². The first-order chi connectivity index (χ1) is 7.40.